The Morgan fingerprint density at radius 3 is 2.30 bits per heavy atom. The molecule has 30 heavy (non-hydrogen) atoms. The van der Waals surface area contributed by atoms with Crippen molar-refractivity contribution in [3.05, 3.63) is 70.7 Å². The largest absolute Gasteiger partial charge is 0.349 e. The summed E-state index contributed by atoms with van der Waals surface area (Å²) < 4.78 is 0. The van der Waals surface area contributed by atoms with E-state index in [9.17, 15) is 9.59 Å². The Morgan fingerprint density at radius 1 is 1.07 bits per heavy atom. The number of piperidine rings is 1. The fourth-order valence-corrected chi connectivity index (χ4v) is 4.49. The van der Waals surface area contributed by atoms with Crippen molar-refractivity contribution in [2.75, 3.05) is 13.1 Å². The molecule has 0 spiro atoms. The zero-order valence-electron chi connectivity index (χ0n) is 18.2. The zero-order valence-corrected chi connectivity index (χ0v) is 18.9. The Hall–Kier alpha value is -2.33. The molecule has 3 unspecified atom stereocenters. The van der Waals surface area contributed by atoms with Crippen LogP contribution in [0.3, 0.4) is 0 Å². The molecule has 2 aromatic rings. The maximum Gasteiger partial charge on any atom is 0.251 e. The van der Waals surface area contributed by atoms with Gasteiger partial charge in [0.15, 0.2) is 0 Å². The van der Waals surface area contributed by atoms with Gasteiger partial charge >= 0.3 is 0 Å². The summed E-state index contributed by atoms with van der Waals surface area (Å²) in [6.07, 6.45) is 0.915. The van der Waals surface area contributed by atoms with Crippen molar-refractivity contribution in [3.63, 3.8) is 0 Å². The Morgan fingerprint density at radius 2 is 1.70 bits per heavy atom. The quantitative estimate of drug-likeness (QED) is 0.719. The summed E-state index contributed by atoms with van der Waals surface area (Å²) in [5, 5.41) is 3.72. The Bertz CT molecular complexity index is 880. The van der Waals surface area contributed by atoms with Crippen LogP contribution in [0.15, 0.2) is 54.6 Å². The van der Waals surface area contributed by atoms with Crippen LogP contribution < -0.4 is 5.32 Å². The molecule has 2 amide bonds. The Balaban J connectivity index is 1.62. The molecule has 0 bridgehead atoms. The number of nitrogens with zero attached hydrogens (tertiary/aromatic N) is 1. The van der Waals surface area contributed by atoms with Gasteiger partial charge in [0.1, 0.15) is 0 Å². The van der Waals surface area contributed by atoms with Crippen molar-refractivity contribution in [3.8, 4) is 0 Å². The van der Waals surface area contributed by atoms with Crippen LogP contribution in [0, 0.1) is 11.3 Å². The smallest absolute Gasteiger partial charge is 0.251 e. The van der Waals surface area contributed by atoms with Crippen molar-refractivity contribution in [1.82, 2.24) is 10.2 Å². The van der Waals surface area contributed by atoms with Gasteiger partial charge in [-0.1, -0.05) is 62.7 Å². The van der Waals surface area contributed by atoms with Gasteiger partial charge in [-0.15, -0.1) is 0 Å². The molecule has 1 aliphatic heterocycles. The summed E-state index contributed by atoms with van der Waals surface area (Å²) in [6.45, 7) is 9.65. The normalized spacial score (nSPS) is 20.3. The van der Waals surface area contributed by atoms with E-state index in [-0.39, 0.29) is 29.2 Å². The van der Waals surface area contributed by atoms with Crippen LogP contribution in [-0.4, -0.2) is 35.8 Å². The van der Waals surface area contributed by atoms with E-state index in [0.29, 0.717) is 18.0 Å². The number of hydrogen-bond donors (Lipinski definition) is 1. The molecule has 0 saturated carbocycles. The molecule has 1 N–H and O–H groups in total. The van der Waals surface area contributed by atoms with Crippen LogP contribution in [0.25, 0.3) is 0 Å². The van der Waals surface area contributed by atoms with Gasteiger partial charge in [-0.05, 0) is 54.5 Å². The maximum atomic E-state index is 13.2. The van der Waals surface area contributed by atoms with Gasteiger partial charge in [0, 0.05) is 29.7 Å². The van der Waals surface area contributed by atoms with Crippen molar-refractivity contribution in [2.45, 2.75) is 46.1 Å². The fraction of sp³-hybridized carbons (Fsp3) is 0.440. The van der Waals surface area contributed by atoms with E-state index in [4.69, 9.17) is 11.6 Å². The van der Waals surface area contributed by atoms with E-state index in [2.05, 4.69) is 31.3 Å². The number of likely N-dealkylation sites (tertiary alicyclic amines) is 1. The van der Waals surface area contributed by atoms with Crippen LogP contribution in [0.5, 0.6) is 0 Å². The first-order chi connectivity index (χ1) is 14.2. The molecule has 4 nitrogen and oxygen atoms in total. The molecule has 1 aliphatic rings. The highest BCUT2D eigenvalue weighted by atomic mass is 35.5. The zero-order chi connectivity index (χ0) is 21.9. The molecule has 3 atom stereocenters. The first-order valence-corrected chi connectivity index (χ1v) is 11.0. The van der Waals surface area contributed by atoms with Crippen LogP contribution in [0.4, 0.5) is 0 Å². The van der Waals surface area contributed by atoms with Gasteiger partial charge in [0.25, 0.3) is 5.91 Å². The van der Waals surface area contributed by atoms with Crippen LogP contribution in [0.1, 0.15) is 56.0 Å². The highest BCUT2D eigenvalue weighted by Crippen LogP contribution is 2.42. The standard InChI is InChI=1S/C25H31ClN2O2/c1-17(18(2)27-23(29)20-8-6-5-7-9-20)24(30)28-15-14-22(25(3,4)16-28)19-10-12-21(26)13-11-19/h5-13,17-18,22H,14-16H2,1-4H3,(H,27,29). The van der Waals surface area contributed by atoms with Gasteiger partial charge in [-0.25, -0.2) is 0 Å². The molecule has 2 aromatic carbocycles. The Labute approximate surface area is 184 Å². The SMILES string of the molecule is CC(NC(=O)c1ccccc1)C(C)C(=O)N1CCC(c2ccc(Cl)cc2)C(C)(C)C1. The lowest BCUT2D eigenvalue weighted by molar-refractivity contribution is -0.139. The van der Waals surface area contributed by atoms with Crippen LogP contribution in [-0.2, 0) is 4.79 Å². The highest BCUT2D eigenvalue weighted by Gasteiger charge is 2.39. The topological polar surface area (TPSA) is 49.4 Å². The Kier molecular flexibility index (Phi) is 6.87. The van der Waals surface area contributed by atoms with Crippen LogP contribution in [0.2, 0.25) is 5.02 Å². The first-order valence-electron chi connectivity index (χ1n) is 10.6. The van der Waals surface area contributed by atoms with E-state index in [1.807, 2.05) is 49.1 Å². The third kappa shape index (κ3) is 5.04. The fourth-order valence-electron chi connectivity index (χ4n) is 4.36. The number of nitrogens with one attached hydrogen (secondary N) is 1. The van der Waals surface area contributed by atoms with Gasteiger partial charge in [0.2, 0.25) is 5.91 Å². The molecule has 0 aliphatic carbocycles. The highest BCUT2D eigenvalue weighted by molar-refractivity contribution is 6.30. The second-order valence-corrected chi connectivity index (χ2v) is 9.49. The van der Waals surface area contributed by atoms with E-state index >= 15 is 0 Å². The monoisotopic (exact) mass is 426 g/mol. The molecule has 5 heteroatoms. The number of amides is 2. The summed E-state index contributed by atoms with van der Waals surface area (Å²) >= 11 is 6.04. The third-order valence-electron chi connectivity index (χ3n) is 6.35. The summed E-state index contributed by atoms with van der Waals surface area (Å²) in [6, 6.07) is 16.9. The lowest BCUT2D eigenvalue weighted by Gasteiger charge is -2.45. The van der Waals surface area contributed by atoms with Crippen molar-refractivity contribution >= 4 is 23.4 Å². The minimum absolute atomic E-state index is 0.0437. The molecule has 0 aromatic heterocycles. The van der Waals surface area contributed by atoms with Crippen LogP contribution >= 0.6 is 11.6 Å². The lowest BCUT2D eigenvalue weighted by atomic mass is 9.70. The second-order valence-electron chi connectivity index (χ2n) is 9.06. The van der Waals surface area contributed by atoms with E-state index in [1.165, 1.54) is 5.56 Å². The minimum Gasteiger partial charge on any atom is -0.349 e. The first kappa shape index (κ1) is 22.4. The number of carbonyl (C=O) groups is 2. The number of benzene rings is 2. The molecule has 1 fully saturated rings. The number of halogens is 1. The predicted octanol–water partition coefficient (Wildman–Crippen LogP) is 5.14. The van der Waals surface area contributed by atoms with Gasteiger partial charge < -0.3 is 10.2 Å². The second kappa shape index (κ2) is 9.22. The summed E-state index contributed by atoms with van der Waals surface area (Å²) in [4.78, 5) is 27.6. The summed E-state index contributed by atoms with van der Waals surface area (Å²) in [5.41, 5.74) is 1.83. The average Bonchev–Trinajstić information content (AvgIpc) is 2.73. The van der Waals surface area contributed by atoms with E-state index < -0.39 is 0 Å². The van der Waals surface area contributed by atoms with Crippen molar-refractivity contribution in [1.29, 1.82) is 0 Å². The number of rotatable bonds is 5. The van der Waals surface area contributed by atoms with Gasteiger partial charge in [0.05, 0.1) is 5.92 Å². The molecular weight excluding hydrogens is 396 g/mol. The minimum atomic E-state index is -0.291. The van der Waals surface area contributed by atoms with E-state index in [1.54, 1.807) is 12.1 Å². The van der Waals surface area contributed by atoms with E-state index in [0.717, 1.165) is 18.0 Å². The molecule has 1 saturated heterocycles. The van der Waals surface area contributed by atoms with Gasteiger partial charge in [-0.3, -0.25) is 9.59 Å². The maximum absolute atomic E-state index is 13.2. The summed E-state index contributed by atoms with van der Waals surface area (Å²) in [5.74, 6) is 0.0351. The average molecular weight is 427 g/mol. The van der Waals surface area contributed by atoms with Crippen molar-refractivity contribution < 1.29 is 9.59 Å². The molecule has 0 radical (unpaired) electrons. The van der Waals surface area contributed by atoms with Crippen molar-refractivity contribution in [2.24, 2.45) is 11.3 Å². The lowest BCUT2D eigenvalue weighted by Crippen LogP contribution is -2.52. The molecule has 160 valence electrons. The summed E-state index contributed by atoms with van der Waals surface area (Å²) in [7, 11) is 0. The molecule has 1 heterocycles. The molecular formula is C25H31ClN2O2. The predicted molar refractivity (Wildman–Crippen MR) is 122 cm³/mol. The third-order valence-corrected chi connectivity index (χ3v) is 6.60. The van der Waals surface area contributed by atoms with Gasteiger partial charge in [-0.2, -0.15) is 0 Å². The number of hydrogen-bond acceptors (Lipinski definition) is 2. The molecule has 3 rings (SSSR count). The number of carbonyl (C=O) groups excluding carboxylic acids is 2.